The van der Waals surface area contributed by atoms with Crippen LogP contribution in [0.3, 0.4) is 0 Å². The van der Waals surface area contributed by atoms with Crippen molar-refractivity contribution in [3.63, 3.8) is 0 Å². The molecule has 21 heavy (non-hydrogen) atoms. The lowest BCUT2D eigenvalue weighted by molar-refractivity contribution is -0.385. The molecule has 116 valence electrons. The molecule has 1 rings (SSSR count). The van der Waals surface area contributed by atoms with E-state index in [1.54, 1.807) is 0 Å². The zero-order chi connectivity index (χ0) is 16.0. The number of hydrogen-bond acceptors (Lipinski definition) is 6. The summed E-state index contributed by atoms with van der Waals surface area (Å²) < 4.78 is 38.5. The van der Waals surface area contributed by atoms with Gasteiger partial charge in [-0.3, -0.25) is 14.9 Å². The molecule has 0 bridgehead atoms. The largest absolute Gasteiger partial charge is 0.493 e. The topological polar surface area (TPSA) is 87.9 Å². The third kappa shape index (κ3) is 4.55. The number of esters is 1. The van der Waals surface area contributed by atoms with Gasteiger partial charge in [0.05, 0.1) is 25.2 Å². The quantitative estimate of drug-likeness (QED) is 0.436. The molecule has 1 aromatic rings. The molecule has 0 fully saturated rings. The number of carbonyl (C=O) groups is 1. The maximum Gasteiger partial charge on any atom is 0.387 e. The molecule has 0 spiro atoms. The molecule has 0 heterocycles. The van der Waals surface area contributed by atoms with E-state index in [1.807, 2.05) is 0 Å². The number of nitro groups is 1. The van der Waals surface area contributed by atoms with E-state index in [0.717, 1.165) is 12.1 Å². The summed E-state index contributed by atoms with van der Waals surface area (Å²) in [5.41, 5.74) is -0.292. The van der Waals surface area contributed by atoms with E-state index in [-0.39, 0.29) is 35.6 Å². The molecule has 1 aromatic carbocycles. The van der Waals surface area contributed by atoms with Gasteiger partial charge in [-0.15, -0.1) is 0 Å². The highest BCUT2D eigenvalue weighted by molar-refractivity contribution is 5.70. The number of nitro benzene ring substituents is 1. The van der Waals surface area contributed by atoms with Crippen LogP contribution in [-0.2, 0) is 16.0 Å². The Morgan fingerprint density at radius 2 is 2.05 bits per heavy atom. The van der Waals surface area contributed by atoms with Gasteiger partial charge in [0, 0.05) is 18.1 Å². The van der Waals surface area contributed by atoms with Crippen LogP contribution in [0.25, 0.3) is 0 Å². The third-order valence-corrected chi connectivity index (χ3v) is 2.58. The summed E-state index contributed by atoms with van der Waals surface area (Å²) in [6.07, 6.45) is -0.201. The minimum Gasteiger partial charge on any atom is -0.493 e. The van der Waals surface area contributed by atoms with Crippen LogP contribution in [0, 0.1) is 10.1 Å². The average molecular weight is 305 g/mol. The minimum absolute atomic E-state index is 0.0618. The zero-order valence-corrected chi connectivity index (χ0v) is 11.3. The molecule has 0 saturated carbocycles. The molecule has 0 N–H and O–H groups in total. The highest BCUT2D eigenvalue weighted by Crippen LogP contribution is 2.37. The van der Waals surface area contributed by atoms with E-state index in [1.165, 1.54) is 14.2 Å². The second-order valence-corrected chi connectivity index (χ2v) is 3.85. The van der Waals surface area contributed by atoms with Crippen LogP contribution in [0.15, 0.2) is 12.1 Å². The number of rotatable bonds is 7. The second-order valence-electron chi connectivity index (χ2n) is 3.85. The third-order valence-electron chi connectivity index (χ3n) is 2.58. The number of non-ortho nitro benzene ring substituents is 1. The molecule has 9 heteroatoms. The van der Waals surface area contributed by atoms with Gasteiger partial charge in [0.1, 0.15) is 0 Å². The van der Waals surface area contributed by atoms with Gasteiger partial charge in [0.2, 0.25) is 0 Å². The van der Waals surface area contributed by atoms with Crippen LogP contribution >= 0.6 is 0 Å². The molecule has 0 amide bonds. The summed E-state index contributed by atoms with van der Waals surface area (Å²) in [7, 11) is 2.34. The number of nitrogens with zero attached hydrogens (tertiary/aromatic N) is 1. The van der Waals surface area contributed by atoms with Crippen LogP contribution in [0.4, 0.5) is 14.5 Å². The molecule has 0 saturated heterocycles. The molecule has 0 aliphatic rings. The van der Waals surface area contributed by atoms with Crippen molar-refractivity contribution in [2.45, 2.75) is 19.5 Å². The monoisotopic (exact) mass is 305 g/mol. The fourth-order valence-electron chi connectivity index (χ4n) is 1.65. The molecule has 0 aliphatic carbocycles. The number of ether oxygens (including phenoxy) is 3. The van der Waals surface area contributed by atoms with Gasteiger partial charge in [0.15, 0.2) is 11.5 Å². The SMILES string of the molecule is COC(=O)CCc1cc([N+](=O)[O-])cc(OC)c1OC(F)F. The van der Waals surface area contributed by atoms with Gasteiger partial charge in [-0.2, -0.15) is 8.78 Å². The van der Waals surface area contributed by atoms with Crippen molar-refractivity contribution < 1.29 is 32.7 Å². The number of hydrogen-bond donors (Lipinski definition) is 0. The Balaban J connectivity index is 3.22. The molecule has 0 radical (unpaired) electrons. The molecule has 0 atom stereocenters. The van der Waals surface area contributed by atoms with E-state index < -0.39 is 17.5 Å². The Labute approximate surface area is 118 Å². The van der Waals surface area contributed by atoms with Crippen molar-refractivity contribution in [1.82, 2.24) is 0 Å². The maximum absolute atomic E-state index is 12.4. The Bertz CT molecular complexity index is 535. The van der Waals surface area contributed by atoms with Gasteiger partial charge in [-0.25, -0.2) is 0 Å². The average Bonchev–Trinajstić information content (AvgIpc) is 2.44. The van der Waals surface area contributed by atoms with Crippen LogP contribution < -0.4 is 9.47 Å². The fourth-order valence-corrected chi connectivity index (χ4v) is 1.65. The van der Waals surface area contributed by atoms with Gasteiger partial charge < -0.3 is 14.2 Å². The summed E-state index contributed by atoms with van der Waals surface area (Å²) in [5, 5.41) is 10.8. The predicted octanol–water partition coefficient (Wildman–Crippen LogP) is 2.31. The number of aryl methyl sites for hydroxylation is 1. The molecule has 0 unspecified atom stereocenters. The fraction of sp³-hybridized carbons (Fsp3) is 0.417. The Kier molecular flexibility index (Phi) is 5.82. The predicted molar refractivity (Wildman–Crippen MR) is 66.6 cm³/mol. The van der Waals surface area contributed by atoms with E-state index in [4.69, 9.17) is 4.74 Å². The summed E-state index contributed by atoms with van der Waals surface area (Å²) >= 11 is 0. The molecular weight excluding hydrogens is 292 g/mol. The first kappa shape index (κ1) is 16.6. The van der Waals surface area contributed by atoms with Gasteiger partial charge in [0.25, 0.3) is 5.69 Å². The second kappa shape index (κ2) is 7.36. The first-order chi connectivity index (χ1) is 9.88. The summed E-state index contributed by atoms with van der Waals surface area (Å²) in [6, 6.07) is 2.03. The Morgan fingerprint density at radius 1 is 1.38 bits per heavy atom. The Morgan fingerprint density at radius 3 is 2.52 bits per heavy atom. The number of alkyl halides is 2. The van der Waals surface area contributed by atoms with E-state index in [2.05, 4.69) is 9.47 Å². The molecule has 0 aliphatic heterocycles. The van der Waals surface area contributed by atoms with Gasteiger partial charge in [-0.1, -0.05) is 0 Å². The van der Waals surface area contributed by atoms with Crippen molar-refractivity contribution in [1.29, 1.82) is 0 Å². The smallest absolute Gasteiger partial charge is 0.387 e. The first-order valence-electron chi connectivity index (χ1n) is 5.76. The lowest BCUT2D eigenvalue weighted by atomic mass is 10.1. The van der Waals surface area contributed by atoms with E-state index in [9.17, 15) is 23.7 Å². The minimum atomic E-state index is -3.13. The first-order valence-corrected chi connectivity index (χ1v) is 5.76. The normalized spacial score (nSPS) is 10.3. The van der Waals surface area contributed by atoms with Crippen molar-refractivity contribution in [3.05, 3.63) is 27.8 Å². The molecular formula is C12H13F2NO6. The lowest BCUT2D eigenvalue weighted by Crippen LogP contribution is -2.09. The molecule has 7 nitrogen and oxygen atoms in total. The van der Waals surface area contributed by atoms with Crippen molar-refractivity contribution >= 4 is 11.7 Å². The number of halogens is 2. The lowest BCUT2D eigenvalue weighted by Gasteiger charge is -2.14. The van der Waals surface area contributed by atoms with Crippen molar-refractivity contribution in [2.75, 3.05) is 14.2 Å². The van der Waals surface area contributed by atoms with Crippen LogP contribution in [0.2, 0.25) is 0 Å². The van der Waals surface area contributed by atoms with Crippen LogP contribution in [0.1, 0.15) is 12.0 Å². The summed E-state index contributed by atoms with van der Waals surface area (Å²) in [5.74, 6) is -1.12. The van der Waals surface area contributed by atoms with Gasteiger partial charge >= 0.3 is 12.6 Å². The van der Waals surface area contributed by atoms with E-state index >= 15 is 0 Å². The number of benzene rings is 1. The van der Waals surface area contributed by atoms with Crippen LogP contribution in [-0.4, -0.2) is 31.7 Å². The van der Waals surface area contributed by atoms with Crippen LogP contribution in [0.5, 0.6) is 11.5 Å². The standard InChI is InChI=1S/C12H13F2NO6/c1-19-9-6-8(15(17)18)5-7(3-4-10(16)20-2)11(9)21-12(13)14/h5-6,12H,3-4H2,1-2H3. The maximum atomic E-state index is 12.4. The highest BCUT2D eigenvalue weighted by Gasteiger charge is 2.21. The Hall–Kier alpha value is -2.45. The molecule has 0 aromatic heterocycles. The van der Waals surface area contributed by atoms with Crippen molar-refractivity contribution in [3.8, 4) is 11.5 Å². The number of methoxy groups -OCH3 is 2. The zero-order valence-electron chi connectivity index (χ0n) is 11.3. The van der Waals surface area contributed by atoms with Gasteiger partial charge in [-0.05, 0) is 6.42 Å². The summed E-state index contributed by atoms with van der Waals surface area (Å²) in [4.78, 5) is 21.2. The highest BCUT2D eigenvalue weighted by atomic mass is 19.3. The van der Waals surface area contributed by atoms with E-state index in [0.29, 0.717) is 0 Å². The summed E-state index contributed by atoms with van der Waals surface area (Å²) in [6.45, 7) is -3.13. The van der Waals surface area contributed by atoms with Crippen molar-refractivity contribution in [2.24, 2.45) is 0 Å². The number of carbonyl (C=O) groups excluding carboxylic acids is 1.